The topological polar surface area (TPSA) is 223 Å². The highest BCUT2D eigenvalue weighted by atomic mass is 32.1. The first-order chi connectivity index (χ1) is 29.6. The van der Waals surface area contributed by atoms with Gasteiger partial charge in [0.25, 0.3) is 11.8 Å². The highest BCUT2D eigenvalue weighted by molar-refractivity contribution is 7.13. The number of hydrogen-bond donors (Lipinski definition) is 4. The molecule has 17 nitrogen and oxygen atoms in total. The number of hydrogen-bond acceptors (Lipinski definition) is 13. The molecule has 2 fully saturated rings. The second kappa shape index (κ2) is 20.6. The number of amides is 7. The third-order valence-corrected chi connectivity index (χ3v) is 12.0. The lowest BCUT2D eigenvalue weighted by Crippen LogP contribution is -2.58. The normalized spacial score (nSPS) is 19.4. The van der Waals surface area contributed by atoms with E-state index in [1.807, 2.05) is 31.2 Å². The van der Waals surface area contributed by atoms with Gasteiger partial charge in [0.05, 0.1) is 59.7 Å². The Balaban J connectivity index is 0.867. The molecule has 0 radical (unpaired) electrons. The van der Waals surface area contributed by atoms with E-state index in [0.717, 1.165) is 26.6 Å². The zero-order valence-corrected chi connectivity index (χ0v) is 36.2. The first-order valence-corrected chi connectivity index (χ1v) is 21.6. The van der Waals surface area contributed by atoms with Crippen molar-refractivity contribution in [3.63, 3.8) is 0 Å². The van der Waals surface area contributed by atoms with Crippen molar-refractivity contribution in [2.75, 3.05) is 46.2 Å². The second-order valence-corrected chi connectivity index (χ2v) is 17.5. The summed E-state index contributed by atoms with van der Waals surface area (Å²) in [6.45, 7) is 8.47. The number of β-amino-alcohol motifs (C(OH)–C–C–N with tert-alkyl or cyclic N) is 1. The summed E-state index contributed by atoms with van der Waals surface area (Å²) in [5.41, 5.74) is 5.13. The average molecular weight is 875 g/mol. The van der Waals surface area contributed by atoms with E-state index in [2.05, 4.69) is 20.9 Å². The maximum atomic E-state index is 13.9. The maximum absolute atomic E-state index is 13.9. The van der Waals surface area contributed by atoms with E-state index in [4.69, 9.17) is 14.2 Å². The van der Waals surface area contributed by atoms with Crippen molar-refractivity contribution in [1.29, 1.82) is 0 Å². The van der Waals surface area contributed by atoms with Crippen LogP contribution in [0.5, 0.6) is 0 Å². The van der Waals surface area contributed by atoms with Crippen molar-refractivity contribution in [3.8, 4) is 10.4 Å². The van der Waals surface area contributed by atoms with Crippen LogP contribution >= 0.6 is 11.3 Å². The number of fused-ring (bicyclic) bond motifs is 1. The number of rotatable bonds is 19. The number of imide groups is 2. The van der Waals surface area contributed by atoms with E-state index >= 15 is 0 Å². The smallest absolute Gasteiger partial charge is 0.262 e. The summed E-state index contributed by atoms with van der Waals surface area (Å²) in [4.78, 5) is 98.2. The Hall–Kier alpha value is -5.40. The summed E-state index contributed by atoms with van der Waals surface area (Å²) in [6.07, 6.45) is 0.350. The second-order valence-electron chi connectivity index (χ2n) is 16.6. The number of piperidine rings is 1. The number of benzene rings is 2. The fourth-order valence-corrected chi connectivity index (χ4v) is 8.56. The molecule has 0 aliphatic carbocycles. The SMILES string of the molecule is Cc1ncsc1-c1ccc(CNC(=O)[C@@H]2C[C@@H](O)CN2C(=O)[C@@H](NC(=O)COCCOCCOCCCc2cccc3c2C(=O)N(C2CCC(=O)NC2=O)C3=O)C(C)(C)C)cc1. The van der Waals surface area contributed by atoms with Crippen molar-refractivity contribution in [1.82, 2.24) is 30.7 Å². The van der Waals surface area contributed by atoms with Gasteiger partial charge in [-0.2, -0.15) is 0 Å². The van der Waals surface area contributed by atoms with Crippen LogP contribution in [-0.2, 0) is 51.1 Å². The van der Waals surface area contributed by atoms with E-state index in [0.29, 0.717) is 25.0 Å². The molecule has 0 bridgehead atoms. The highest BCUT2D eigenvalue weighted by Crippen LogP contribution is 2.31. The number of likely N-dealkylation sites (tertiary alicyclic amines) is 1. The molecule has 6 rings (SSSR count). The van der Waals surface area contributed by atoms with Crippen molar-refractivity contribution < 1.29 is 52.9 Å². The molecule has 18 heteroatoms. The molecule has 7 amide bonds. The van der Waals surface area contributed by atoms with Gasteiger partial charge < -0.3 is 34.9 Å². The number of aliphatic hydroxyl groups excluding tert-OH is 1. The molecular formula is C44H54N6O11S. The summed E-state index contributed by atoms with van der Waals surface area (Å²) in [5.74, 6) is -3.54. The van der Waals surface area contributed by atoms with Crippen LogP contribution in [0, 0.1) is 12.3 Å². The van der Waals surface area contributed by atoms with Crippen LogP contribution in [0.1, 0.15) is 84.0 Å². The zero-order valence-electron chi connectivity index (χ0n) is 35.4. The van der Waals surface area contributed by atoms with Crippen molar-refractivity contribution in [3.05, 3.63) is 75.9 Å². The monoisotopic (exact) mass is 874 g/mol. The van der Waals surface area contributed by atoms with E-state index < -0.39 is 71.0 Å². The summed E-state index contributed by atoms with van der Waals surface area (Å²) in [7, 11) is 0. The van der Waals surface area contributed by atoms with E-state index in [9.17, 15) is 38.7 Å². The molecule has 3 aliphatic rings. The minimum absolute atomic E-state index is 0.0369. The maximum Gasteiger partial charge on any atom is 0.262 e. The fourth-order valence-electron chi connectivity index (χ4n) is 7.75. The number of aliphatic hydroxyl groups is 1. The number of thiazole rings is 1. The van der Waals surface area contributed by atoms with Gasteiger partial charge in [-0.05, 0) is 54.4 Å². The largest absolute Gasteiger partial charge is 0.391 e. The zero-order chi connectivity index (χ0) is 44.6. The predicted octanol–water partition coefficient (Wildman–Crippen LogP) is 2.31. The molecule has 4 atom stereocenters. The van der Waals surface area contributed by atoms with Crippen LogP contribution in [0.25, 0.3) is 10.4 Å². The minimum Gasteiger partial charge on any atom is -0.391 e. The van der Waals surface area contributed by atoms with Crippen LogP contribution in [0.3, 0.4) is 0 Å². The Kier molecular flexibility index (Phi) is 15.4. The molecule has 0 spiro atoms. The van der Waals surface area contributed by atoms with Gasteiger partial charge in [0.2, 0.25) is 29.5 Å². The lowest BCUT2D eigenvalue weighted by atomic mass is 9.85. The number of carbonyl (C=O) groups is 7. The van der Waals surface area contributed by atoms with Crippen molar-refractivity contribution in [2.45, 2.75) is 90.6 Å². The summed E-state index contributed by atoms with van der Waals surface area (Å²) in [5, 5.41) is 18.4. The van der Waals surface area contributed by atoms with E-state index in [1.54, 1.807) is 55.8 Å². The quantitative estimate of drug-likeness (QED) is 0.101. The summed E-state index contributed by atoms with van der Waals surface area (Å²) >= 11 is 1.56. The third-order valence-electron chi connectivity index (χ3n) is 11.0. The summed E-state index contributed by atoms with van der Waals surface area (Å²) in [6, 6.07) is 9.92. The third kappa shape index (κ3) is 11.2. The lowest BCUT2D eigenvalue weighted by Gasteiger charge is -2.35. The first kappa shape index (κ1) is 46.1. The molecule has 2 saturated heterocycles. The van der Waals surface area contributed by atoms with Gasteiger partial charge in [-0.3, -0.25) is 43.8 Å². The van der Waals surface area contributed by atoms with Gasteiger partial charge in [-0.1, -0.05) is 57.2 Å². The van der Waals surface area contributed by atoms with Gasteiger partial charge >= 0.3 is 0 Å². The molecule has 2 aromatic carbocycles. The van der Waals surface area contributed by atoms with E-state index in [-0.39, 0.29) is 76.5 Å². The van der Waals surface area contributed by atoms with Gasteiger partial charge in [-0.15, -0.1) is 11.3 Å². The Labute approximate surface area is 363 Å². The molecule has 4 N–H and O–H groups in total. The molecular weight excluding hydrogens is 821 g/mol. The van der Waals surface area contributed by atoms with Gasteiger partial charge in [0, 0.05) is 32.5 Å². The van der Waals surface area contributed by atoms with Gasteiger partial charge in [0.1, 0.15) is 24.7 Å². The summed E-state index contributed by atoms with van der Waals surface area (Å²) < 4.78 is 16.7. The number of nitrogens with zero attached hydrogens (tertiary/aromatic N) is 3. The Morgan fingerprint density at radius 3 is 2.35 bits per heavy atom. The van der Waals surface area contributed by atoms with Crippen LogP contribution in [-0.4, -0.2) is 132 Å². The van der Waals surface area contributed by atoms with Crippen LogP contribution in [0.4, 0.5) is 0 Å². The van der Waals surface area contributed by atoms with Gasteiger partial charge in [0.15, 0.2) is 0 Å². The number of aromatic nitrogens is 1. The molecule has 62 heavy (non-hydrogen) atoms. The number of ether oxygens (including phenoxy) is 3. The Bertz CT molecular complexity index is 2150. The first-order valence-electron chi connectivity index (χ1n) is 20.8. The number of nitrogens with one attached hydrogen (secondary N) is 3. The fraction of sp³-hybridized carbons (Fsp3) is 0.500. The molecule has 1 unspecified atom stereocenters. The minimum atomic E-state index is -1.02. The van der Waals surface area contributed by atoms with Crippen LogP contribution < -0.4 is 16.0 Å². The molecule has 0 saturated carbocycles. The van der Waals surface area contributed by atoms with E-state index in [1.165, 1.54) is 4.90 Å². The molecule has 1 aromatic heterocycles. The lowest BCUT2D eigenvalue weighted by molar-refractivity contribution is -0.144. The average Bonchev–Trinajstić information content (AvgIpc) is 3.92. The van der Waals surface area contributed by atoms with Crippen LogP contribution in [0.2, 0.25) is 0 Å². The molecule has 3 aromatic rings. The number of aryl methyl sites for hydroxylation is 2. The van der Waals surface area contributed by atoms with Crippen molar-refractivity contribution in [2.24, 2.45) is 5.41 Å². The molecule has 4 heterocycles. The Morgan fingerprint density at radius 2 is 1.68 bits per heavy atom. The van der Waals surface area contributed by atoms with Gasteiger partial charge in [-0.25, -0.2) is 4.98 Å². The number of carbonyl (C=O) groups excluding carboxylic acids is 7. The molecule has 332 valence electrons. The van der Waals surface area contributed by atoms with Crippen LogP contribution in [0.15, 0.2) is 48.0 Å². The Morgan fingerprint density at radius 1 is 0.968 bits per heavy atom. The van der Waals surface area contributed by atoms with Crippen molar-refractivity contribution >= 4 is 52.7 Å². The molecule has 3 aliphatic heterocycles. The standard InChI is InChI=1S/C44H54N6O11S/c1-26-37(62-25-46-26)29-12-10-27(11-13-29)22-45-39(54)33-21-30(51)23-49(33)43(58)38(44(2,3)4)47-35(53)24-61-20-19-60-18-17-59-16-6-8-28-7-5-9-31-36(28)42(57)50(41(31)56)32-14-15-34(52)48-40(32)55/h5,7,9-13,25,30,32-33,38,51H,6,8,14-24H2,1-4H3,(H,45,54)(H,47,53)(H,48,52,55)/t30-,32?,33+,38-/m1/s1. The highest BCUT2D eigenvalue weighted by Gasteiger charge is 2.46. The predicted molar refractivity (Wildman–Crippen MR) is 226 cm³/mol.